The van der Waals surface area contributed by atoms with Gasteiger partial charge in [-0.25, -0.2) is 4.98 Å². The summed E-state index contributed by atoms with van der Waals surface area (Å²) in [4.78, 5) is 19.7. The topological polar surface area (TPSA) is 129 Å². The molecule has 0 unspecified atom stereocenters. The first kappa shape index (κ1) is 19.3. The molecule has 0 radical (unpaired) electrons. The van der Waals surface area contributed by atoms with E-state index in [9.17, 15) is 10.1 Å². The van der Waals surface area contributed by atoms with E-state index >= 15 is 0 Å². The highest BCUT2D eigenvalue weighted by atomic mass is 16.6. The molecule has 0 aliphatic carbocycles. The minimum Gasteiger partial charge on any atom is -0.360 e. The number of nitrogens with one attached hydrogen (secondary N) is 2. The summed E-state index contributed by atoms with van der Waals surface area (Å²) in [5.41, 5.74) is 0.167. The Morgan fingerprint density at radius 3 is 2.11 bits per heavy atom. The van der Waals surface area contributed by atoms with Gasteiger partial charge in [-0.2, -0.15) is 15.2 Å². The fourth-order valence-corrected chi connectivity index (χ4v) is 2.87. The van der Waals surface area contributed by atoms with Crippen LogP contribution in [0.15, 0.2) is 36.9 Å². The summed E-state index contributed by atoms with van der Waals surface area (Å²) >= 11 is 0. The van der Waals surface area contributed by atoms with E-state index in [1.165, 1.54) is 0 Å². The maximum Gasteiger partial charge on any atom is 0.332 e. The van der Waals surface area contributed by atoms with Crippen LogP contribution in [0.1, 0.15) is 19.5 Å². The van der Waals surface area contributed by atoms with Gasteiger partial charge in [-0.1, -0.05) is 0 Å². The molecule has 0 aromatic carbocycles. The molecule has 0 saturated carbocycles. The second-order valence-electron chi connectivity index (χ2n) is 6.63. The molecule has 3 aromatic rings. The van der Waals surface area contributed by atoms with Crippen LogP contribution in [0.2, 0.25) is 0 Å². The number of hydrogen-bond acceptors (Lipinski definition) is 8. The molecule has 148 valence electrons. The molecule has 3 rings (SSSR count). The van der Waals surface area contributed by atoms with Crippen molar-refractivity contribution in [1.82, 2.24) is 29.5 Å². The van der Waals surface area contributed by atoms with Gasteiger partial charge >= 0.3 is 5.69 Å². The predicted molar refractivity (Wildman–Crippen MR) is 104 cm³/mol. The number of nitro groups is 1. The zero-order valence-corrected chi connectivity index (χ0v) is 16.0. The Bertz CT molecular complexity index is 909. The van der Waals surface area contributed by atoms with E-state index in [0.717, 1.165) is 0 Å². The van der Waals surface area contributed by atoms with Crippen molar-refractivity contribution >= 4 is 17.5 Å². The van der Waals surface area contributed by atoms with Gasteiger partial charge in [0.2, 0.25) is 11.8 Å². The molecule has 0 spiro atoms. The summed E-state index contributed by atoms with van der Waals surface area (Å²) in [6, 6.07) is 3.53. The highest BCUT2D eigenvalue weighted by Gasteiger charge is 2.24. The lowest BCUT2D eigenvalue weighted by atomic mass is 10.3. The van der Waals surface area contributed by atoms with Crippen molar-refractivity contribution in [2.45, 2.75) is 45.9 Å². The Labute approximate surface area is 162 Å². The lowest BCUT2D eigenvalue weighted by Crippen LogP contribution is -2.26. The molecule has 3 aromatic heterocycles. The second-order valence-corrected chi connectivity index (χ2v) is 6.63. The van der Waals surface area contributed by atoms with Crippen LogP contribution in [-0.2, 0) is 13.1 Å². The van der Waals surface area contributed by atoms with E-state index in [1.807, 2.05) is 38.4 Å². The third kappa shape index (κ3) is 4.81. The Kier molecular flexibility index (Phi) is 5.82. The van der Waals surface area contributed by atoms with Crippen LogP contribution in [0.25, 0.3) is 0 Å². The van der Waals surface area contributed by atoms with Crippen LogP contribution in [0, 0.1) is 17.0 Å². The Morgan fingerprint density at radius 2 is 1.61 bits per heavy atom. The zero-order valence-electron chi connectivity index (χ0n) is 16.0. The molecule has 0 fully saturated rings. The number of aromatic nitrogens is 6. The SMILES string of the molecule is Cc1nc(N[C@@H](C)Cn2cccn2)nc(N[C@@H](C)Cn2cccn2)c1[N+](=O)[O-]. The third-order valence-electron chi connectivity index (χ3n) is 4.04. The first-order valence-corrected chi connectivity index (χ1v) is 8.93. The molecule has 0 amide bonds. The molecule has 0 saturated heterocycles. The summed E-state index contributed by atoms with van der Waals surface area (Å²) in [5.74, 6) is 0.516. The van der Waals surface area contributed by atoms with Crippen molar-refractivity contribution in [3.63, 3.8) is 0 Å². The van der Waals surface area contributed by atoms with Crippen LogP contribution in [0.5, 0.6) is 0 Å². The molecule has 11 heteroatoms. The van der Waals surface area contributed by atoms with Crippen LogP contribution >= 0.6 is 0 Å². The molecule has 3 heterocycles. The number of rotatable bonds is 9. The highest BCUT2D eigenvalue weighted by molar-refractivity contribution is 5.61. The summed E-state index contributed by atoms with van der Waals surface area (Å²) in [6.45, 7) is 6.65. The number of anilines is 2. The third-order valence-corrected chi connectivity index (χ3v) is 4.04. The van der Waals surface area contributed by atoms with Gasteiger partial charge in [0.15, 0.2) is 0 Å². The average Bonchev–Trinajstić information content (AvgIpc) is 3.27. The Hall–Kier alpha value is -3.50. The number of hydrogen-bond donors (Lipinski definition) is 2. The molecule has 0 aliphatic heterocycles. The molecule has 0 bridgehead atoms. The van der Waals surface area contributed by atoms with Crippen molar-refractivity contribution in [3.8, 4) is 0 Å². The Morgan fingerprint density at radius 1 is 1.04 bits per heavy atom. The van der Waals surface area contributed by atoms with Crippen molar-refractivity contribution in [1.29, 1.82) is 0 Å². The second kappa shape index (κ2) is 8.46. The molecule has 0 aliphatic rings. The van der Waals surface area contributed by atoms with Crippen molar-refractivity contribution in [2.75, 3.05) is 10.6 Å². The summed E-state index contributed by atoms with van der Waals surface area (Å²) < 4.78 is 3.55. The fraction of sp³-hybridized carbons (Fsp3) is 0.412. The van der Waals surface area contributed by atoms with Crippen molar-refractivity contribution in [2.24, 2.45) is 0 Å². The minimum absolute atomic E-state index is 0.0184. The molecule has 11 nitrogen and oxygen atoms in total. The van der Waals surface area contributed by atoms with Gasteiger partial charge in [-0.3, -0.25) is 19.5 Å². The summed E-state index contributed by atoms with van der Waals surface area (Å²) in [7, 11) is 0. The van der Waals surface area contributed by atoms with Gasteiger partial charge in [0.25, 0.3) is 0 Å². The maximum absolute atomic E-state index is 11.5. The van der Waals surface area contributed by atoms with Gasteiger partial charge in [0.1, 0.15) is 5.69 Å². The summed E-state index contributed by atoms with van der Waals surface area (Å²) in [5, 5.41) is 26.2. The van der Waals surface area contributed by atoms with E-state index < -0.39 is 4.92 Å². The van der Waals surface area contributed by atoms with Gasteiger partial charge in [-0.05, 0) is 32.9 Å². The number of nitrogens with zero attached hydrogens (tertiary/aromatic N) is 7. The molecule has 2 atom stereocenters. The Balaban J connectivity index is 1.77. The van der Waals surface area contributed by atoms with E-state index in [1.54, 1.807) is 28.7 Å². The maximum atomic E-state index is 11.5. The van der Waals surface area contributed by atoms with Crippen molar-refractivity contribution < 1.29 is 4.92 Å². The van der Waals surface area contributed by atoms with Gasteiger partial charge < -0.3 is 10.6 Å². The van der Waals surface area contributed by atoms with Crippen molar-refractivity contribution in [3.05, 3.63) is 52.7 Å². The van der Waals surface area contributed by atoms with E-state index in [0.29, 0.717) is 24.7 Å². The normalized spacial score (nSPS) is 13.1. The lowest BCUT2D eigenvalue weighted by molar-refractivity contribution is -0.385. The van der Waals surface area contributed by atoms with Crippen LogP contribution < -0.4 is 10.6 Å². The van der Waals surface area contributed by atoms with E-state index in [4.69, 9.17) is 0 Å². The number of aryl methyl sites for hydroxylation is 1. The van der Waals surface area contributed by atoms with E-state index in [-0.39, 0.29) is 23.6 Å². The zero-order chi connectivity index (χ0) is 20.1. The largest absolute Gasteiger partial charge is 0.360 e. The lowest BCUT2D eigenvalue weighted by Gasteiger charge is -2.18. The van der Waals surface area contributed by atoms with Crippen LogP contribution in [-0.4, -0.2) is 46.5 Å². The summed E-state index contributed by atoms with van der Waals surface area (Å²) in [6.07, 6.45) is 7.10. The molecular weight excluding hydrogens is 362 g/mol. The predicted octanol–water partition coefficient (Wildman–Crippen LogP) is 2.09. The molecular formula is C17H23N9O2. The first-order chi connectivity index (χ1) is 13.4. The highest BCUT2D eigenvalue weighted by Crippen LogP contribution is 2.27. The standard InChI is InChI=1S/C17H23N9O2/c1-12(10-24-8-4-6-18-24)20-16-15(26(27)28)14(3)22-17(23-16)21-13(2)11-25-9-5-7-19-25/h4-9,12-13H,10-11H2,1-3H3,(H2,20,21,22,23)/t12-,13-/m0/s1. The van der Waals surface area contributed by atoms with Gasteiger partial charge in [0.05, 0.1) is 18.0 Å². The quantitative estimate of drug-likeness (QED) is 0.423. The van der Waals surface area contributed by atoms with Gasteiger partial charge in [-0.15, -0.1) is 0 Å². The van der Waals surface area contributed by atoms with E-state index in [2.05, 4.69) is 30.8 Å². The smallest absolute Gasteiger partial charge is 0.332 e. The fourth-order valence-electron chi connectivity index (χ4n) is 2.87. The monoisotopic (exact) mass is 385 g/mol. The molecule has 2 N–H and O–H groups in total. The molecule has 28 heavy (non-hydrogen) atoms. The van der Waals surface area contributed by atoms with Gasteiger partial charge in [0, 0.05) is 36.9 Å². The average molecular weight is 385 g/mol. The first-order valence-electron chi connectivity index (χ1n) is 8.93. The minimum atomic E-state index is -0.463. The van der Waals surface area contributed by atoms with Crippen LogP contribution in [0.4, 0.5) is 17.5 Å². The van der Waals surface area contributed by atoms with Crippen LogP contribution in [0.3, 0.4) is 0 Å².